The molecule has 0 bridgehead atoms. The van der Waals surface area contributed by atoms with E-state index in [2.05, 4.69) is 0 Å². The third-order valence-electron chi connectivity index (χ3n) is 3.27. The number of aromatic amines is 1. The van der Waals surface area contributed by atoms with Gasteiger partial charge in [0.05, 0.1) is 5.69 Å². The van der Waals surface area contributed by atoms with Gasteiger partial charge in [0, 0.05) is 0 Å². The van der Waals surface area contributed by atoms with Gasteiger partial charge < -0.3 is 0 Å². The Morgan fingerprint density at radius 1 is 1.19 bits per heavy atom. The second-order valence-corrected chi connectivity index (χ2v) is 4.82. The summed E-state index contributed by atoms with van der Waals surface area (Å²) >= 11 is 0. The van der Waals surface area contributed by atoms with Crippen LogP contribution < -0.4 is 5.56 Å². The number of carbonyl (C=O) groups is 1. The van der Waals surface area contributed by atoms with Crippen LogP contribution in [0.4, 0.5) is 13.2 Å². The Balaban J connectivity index is 2.74. The number of benzene rings is 1. The molecule has 21 heavy (non-hydrogen) atoms. The summed E-state index contributed by atoms with van der Waals surface area (Å²) in [6.07, 6.45) is -4.80. The number of carbonyl (C=O) groups excluding carboxylic acids is 1. The molecule has 4 nitrogen and oxygen atoms in total. The van der Waals surface area contributed by atoms with Gasteiger partial charge in [0.2, 0.25) is 0 Å². The number of aromatic nitrogens is 2. The Morgan fingerprint density at radius 2 is 1.81 bits per heavy atom. The molecule has 0 saturated heterocycles. The van der Waals surface area contributed by atoms with Crippen LogP contribution in [-0.4, -0.2) is 15.6 Å². The van der Waals surface area contributed by atoms with Crippen LogP contribution in [0.5, 0.6) is 0 Å². The minimum atomic E-state index is -4.80. The van der Waals surface area contributed by atoms with Crippen LogP contribution in [0, 0.1) is 13.8 Å². The molecule has 1 N–H and O–H groups in total. The zero-order valence-corrected chi connectivity index (χ0v) is 11.6. The fourth-order valence-electron chi connectivity index (χ4n) is 2.02. The van der Waals surface area contributed by atoms with Gasteiger partial charge >= 0.3 is 6.18 Å². The fourth-order valence-corrected chi connectivity index (χ4v) is 2.02. The van der Waals surface area contributed by atoms with Gasteiger partial charge in [-0.3, -0.25) is 14.7 Å². The molecule has 1 aromatic heterocycles. The van der Waals surface area contributed by atoms with Gasteiger partial charge in [0.15, 0.2) is 11.5 Å². The predicted octanol–water partition coefficient (Wildman–Crippen LogP) is 3.00. The first-order chi connectivity index (χ1) is 9.62. The number of rotatable bonds is 2. The standard InChI is InChI=1S/C14H13F3N2O2/c1-7-4-5-10(6-8(7)2)19-13(21)11(9(3)20)12(18-19)14(15,16)17/h4-6,18H,1-3H3. The van der Waals surface area contributed by atoms with E-state index in [1.807, 2.05) is 12.0 Å². The minimum Gasteiger partial charge on any atom is -0.294 e. The quantitative estimate of drug-likeness (QED) is 0.867. The highest BCUT2D eigenvalue weighted by Crippen LogP contribution is 2.30. The summed E-state index contributed by atoms with van der Waals surface area (Å²) in [5.41, 5.74) is -1.17. The first-order valence-corrected chi connectivity index (χ1v) is 6.13. The third-order valence-corrected chi connectivity index (χ3v) is 3.27. The Bertz CT molecular complexity index is 770. The van der Waals surface area contributed by atoms with Crippen molar-refractivity contribution in [1.29, 1.82) is 0 Å². The van der Waals surface area contributed by atoms with Gasteiger partial charge in [-0.2, -0.15) is 13.2 Å². The van der Waals surface area contributed by atoms with E-state index >= 15 is 0 Å². The van der Waals surface area contributed by atoms with Crippen molar-refractivity contribution >= 4 is 5.78 Å². The summed E-state index contributed by atoms with van der Waals surface area (Å²) in [5, 5.41) is 1.99. The first kappa shape index (κ1) is 15.1. The Labute approximate surface area is 118 Å². The Hall–Kier alpha value is -2.31. The van der Waals surface area contributed by atoms with Crippen molar-refractivity contribution in [3.05, 3.63) is 50.9 Å². The molecular formula is C14H13F3N2O2. The average molecular weight is 298 g/mol. The van der Waals surface area contributed by atoms with Crippen LogP contribution in [0.25, 0.3) is 5.69 Å². The molecule has 112 valence electrons. The maximum Gasteiger partial charge on any atom is 0.433 e. The molecule has 7 heteroatoms. The minimum absolute atomic E-state index is 0.251. The van der Waals surface area contributed by atoms with Crippen molar-refractivity contribution in [1.82, 2.24) is 9.78 Å². The normalized spacial score (nSPS) is 11.7. The lowest BCUT2D eigenvalue weighted by Gasteiger charge is -2.06. The average Bonchev–Trinajstić information content (AvgIpc) is 2.70. The van der Waals surface area contributed by atoms with Crippen LogP contribution in [0.3, 0.4) is 0 Å². The van der Waals surface area contributed by atoms with Gasteiger partial charge in [0.1, 0.15) is 5.56 Å². The molecular weight excluding hydrogens is 285 g/mol. The molecule has 0 atom stereocenters. The van der Waals surface area contributed by atoms with Crippen LogP contribution in [0.2, 0.25) is 0 Å². The summed E-state index contributed by atoms with van der Waals surface area (Å²) in [5.74, 6) is -0.925. The van der Waals surface area contributed by atoms with Crippen molar-refractivity contribution in [2.75, 3.05) is 0 Å². The van der Waals surface area contributed by atoms with Crippen LogP contribution in [0.15, 0.2) is 23.0 Å². The number of alkyl halides is 3. The molecule has 2 rings (SSSR count). The number of hydrogen-bond acceptors (Lipinski definition) is 2. The maximum atomic E-state index is 12.9. The van der Waals surface area contributed by atoms with E-state index in [4.69, 9.17) is 0 Å². The molecule has 0 amide bonds. The highest BCUT2D eigenvalue weighted by atomic mass is 19.4. The molecule has 0 fully saturated rings. The lowest BCUT2D eigenvalue weighted by molar-refractivity contribution is -0.141. The predicted molar refractivity (Wildman–Crippen MR) is 70.9 cm³/mol. The molecule has 2 aromatic rings. The lowest BCUT2D eigenvalue weighted by atomic mass is 10.1. The SMILES string of the molecule is CC(=O)c1c(C(F)(F)F)[nH]n(-c2ccc(C)c(C)c2)c1=O. The Kier molecular flexibility index (Phi) is 3.52. The second kappa shape index (κ2) is 4.91. The van der Waals surface area contributed by atoms with E-state index in [1.165, 1.54) is 6.07 Å². The van der Waals surface area contributed by atoms with E-state index in [0.717, 1.165) is 22.7 Å². The number of nitrogens with one attached hydrogen (secondary N) is 1. The van der Waals surface area contributed by atoms with Crippen molar-refractivity contribution in [2.24, 2.45) is 0 Å². The number of hydrogen-bond donors (Lipinski definition) is 1. The molecule has 0 radical (unpaired) electrons. The molecule has 0 unspecified atom stereocenters. The number of H-pyrrole nitrogens is 1. The third kappa shape index (κ3) is 2.63. The fraction of sp³-hybridized carbons (Fsp3) is 0.286. The van der Waals surface area contributed by atoms with E-state index in [9.17, 15) is 22.8 Å². The summed E-state index contributed by atoms with van der Waals surface area (Å²) < 4.78 is 39.5. The van der Waals surface area contributed by atoms with Crippen molar-refractivity contribution in [2.45, 2.75) is 26.9 Å². The van der Waals surface area contributed by atoms with Gasteiger partial charge in [-0.05, 0) is 44.0 Å². The van der Waals surface area contributed by atoms with Crippen molar-refractivity contribution < 1.29 is 18.0 Å². The molecule has 0 aliphatic carbocycles. The van der Waals surface area contributed by atoms with Crippen molar-refractivity contribution in [3.63, 3.8) is 0 Å². The van der Waals surface area contributed by atoms with E-state index in [-0.39, 0.29) is 5.69 Å². The van der Waals surface area contributed by atoms with E-state index < -0.39 is 28.8 Å². The van der Waals surface area contributed by atoms with E-state index in [1.54, 1.807) is 19.1 Å². The monoisotopic (exact) mass is 298 g/mol. The van der Waals surface area contributed by atoms with Crippen LogP contribution in [-0.2, 0) is 6.18 Å². The second-order valence-electron chi connectivity index (χ2n) is 4.82. The summed E-state index contributed by atoms with van der Waals surface area (Å²) in [6.45, 7) is 4.56. The number of aryl methyl sites for hydroxylation is 2. The zero-order valence-electron chi connectivity index (χ0n) is 11.6. The zero-order chi connectivity index (χ0) is 15.9. The summed E-state index contributed by atoms with van der Waals surface area (Å²) in [7, 11) is 0. The van der Waals surface area contributed by atoms with Gasteiger partial charge in [0.25, 0.3) is 5.56 Å². The van der Waals surface area contributed by atoms with Gasteiger partial charge in [-0.1, -0.05) is 6.07 Å². The molecule has 0 aliphatic heterocycles. The molecule has 0 spiro atoms. The summed E-state index contributed by atoms with van der Waals surface area (Å²) in [4.78, 5) is 23.5. The number of ketones is 1. The van der Waals surface area contributed by atoms with E-state index in [0.29, 0.717) is 0 Å². The van der Waals surface area contributed by atoms with Crippen LogP contribution >= 0.6 is 0 Å². The highest BCUT2D eigenvalue weighted by Gasteiger charge is 2.39. The lowest BCUT2D eigenvalue weighted by Crippen LogP contribution is -2.20. The number of nitrogens with zero attached hydrogens (tertiary/aromatic N) is 1. The summed E-state index contributed by atoms with van der Waals surface area (Å²) in [6, 6.07) is 4.79. The number of Topliss-reactive ketones (excluding diaryl/α,β-unsaturated/α-hetero) is 1. The van der Waals surface area contributed by atoms with Gasteiger partial charge in [-0.15, -0.1) is 0 Å². The number of halogens is 3. The first-order valence-electron chi connectivity index (χ1n) is 6.13. The van der Waals surface area contributed by atoms with Crippen molar-refractivity contribution in [3.8, 4) is 5.69 Å². The topological polar surface area (TPSA) is 54.9 Å². The van der Waals surface area contributed by atoms with Crippen LogP contribution in [0.1, 0.15) is 34.1 Å². The molecule has 1 aromatic carbocycles. The molecule has 0 aliphatic rings. The smallest absolute Gasteiger partial charge is 0.294 e. The van der Waals surface area contributed by atoms with Gasteiger partial charge in [-0.25, -0.2) is 4.68 Å². The molecule has 0 saturated carbocycles. The maximum absolute atomic E-state index is 12.9. The molecule has 1 heterocycles. The Morgan fingerprint density at radius 3 is 2.24 bits per heavy atom. The highest BCUT2D eigenvalue weighted by molar-refractivity contribution is 5.95. The largest absolute Gasteiger partial charge is 0.433 e.